The molecule has 0 aliphatic heterocycles. The molecule has 0 saturated heterocycles. The number of benzene rings is 1. The van der Waals surface area contributed by atoms with Crippen LogP contribution in [-0.4, -0.2) is 11.4 Å². The van der Waals surface area contributed by atoms with Crippen molar-refractivity contribution in [2.45, 2.75) is 26.3 Å². The molecule has 0 atom stereocenters. The van der Waals surface area contributed by atoms with Gasteiger partial charge in [0.15, 0.2) is 0 Å². The highest BCUT2D eigenvalue weighted by atomic mass is 35.5. The third kappa shape index (κ3) is 3.16. The van der Waals surface area contributed by atoms with E-state index in [-0.39, 0.29) is 11.4 Å². The molecule has 0 unspecified atom stereocenters. The van der Waals surface area contributed by atoms with Gasteiger partial charge in [-0.1, -0.05) is 34.8 Å². The quantitative estimate of drug-likeness (QED) is 0.743. The van der Waals surface area contributed by atoms with Crippen LogP contribution in [0, 0.1) is 0 Å². The molecule has 6 heteroatoms. The number of halogens is 3. The molecule has 2 nitrogen and oxygen atoms in total. The summed E-state index contributed by atoms with van der Waals surface area (Å²) in [6.45, 7) is 5.74. The van der Waals surface area contributed by atoms with Crippen molar-refractivity contribution in [1.29, 1.82) is 0 Å². The van der Waals surface area contributed by atoms with Crippen LogP contribution in [0.25, 0.3) is 10.1 Å². The molecule has 0 spiro atoms. The summed E-state index contributed by atoms with van der Waals surface area (Å²) in [5, 5.41) is 4.92. The molecule has 2 aromatic rings. The topological polar surface area (TPSA) is 29.1 Å². The van der Waals surface area contributed by atoms with Crippen molar-refractivity contribution in [2.24, 2.45) is 0 Å². The SMILES string of the molecule is CC(C)(C)NC(=O)c1sc2cc(Cl)cc(Cl)c2c1Cl. The lowest BCUT2D eigenvalue weighted by Crippen LogP contribution is -2.40. The van der Waals surface area contributed by atoms with Gasteiger partial charge in [0.05, 0.1) is 10.0 Å². The Morgan fingerprint density at radius 1 is 1.21 bits per heavy atom. The number of carbonyl (C=O) groups excluding carboxylic acids is 1. The molecule has 1 heterocycles. The van der Waals surface area contributed by atoms with Crippen LogP contribution in [-0.2, 0) is 0 Å². The Balaban J connectivity index is 2.54. The van der Waals surface area contributed by atoms with Crippen molar-refractivity contribution in [3.8, 4) is 0 Å². The van der Waals surface area contributed by atoms with E-state index in [1.54, 1.807) is 12.1 Å². The van der Waals surface area contributed by atoms with Gasteiger partial charge in [-0.05, 0) is 32.9 Å². The van der Waals surface area contributed by atoms with Crippen molar-refractivity contribution in [2.75, 3.05) is 0 Å². The lowest BCUT2D eigenvalue weighted by atomic mass is 10.1. The molecular formula is C13H12Cl3NOS. The summed E-state index contributed by atoms with van der Waals surface area (Å²) in [6, 6.07) is 3.38. The van der Waals surface area contributed by atoms with Gasteiger partial charge in [0.1, 0.15) is 4.88 Å². The van der Waals surface area contributed by atoms with Crippen molar-refractivity contribution < 1.29 is 4.79 Å². The monoisotopic (exact) mass is 335 g/mol. The maximum absolute atomic E-state index is 12.2. The normalized spacial score (nSPS) is 11.9. The number of hydrogen-bond donors (Lipinski definition) is 1. The Morgan fingerprint density at radius 2 is 1.84 bits per heavy atom. The highest BCUT2D eigenvalue weighted by molar-refractivity contribution is 7.21. The van der Waals surface area contributed by atoms with Gasteiger partial charge in [-0.2, -0.15) is 0 Å². The smallest absolute Gasteiger partial charge is 0.263 e. The third-order valence-electron chi connectivity index (χ3n) is 2.34. The van der Waals surface area contributed by atoms with Crippen molar-refractivity contribution >= 4 is 62.1 Å². The minimum Gasteiger partial charge on any atom is -0.347 e. The molecule has 0 bridgehead atoms. The van der Waals surface area contributed by atoms with E-state index in [2.05, 4.69) is 5.32 Å². The number of carbonyl (C=O) groups is 1. The zero-order valence-corrected chi connectivity index (χ0v) is 13.7. The molecule has 0 fully saturated rings. The first-order valence-corrected chi connectivity index (χ1v) is 7.53. The van der Waals surface area contributed by atoms with E-state index in [0.717, 1.165) is 4.70 Å². The zero-order valence-electron chi connectivity index (χ0n) is 10.6. The minimum absolute atomic E-state index is 0.203. The van der Waals surface area contributed by atoms with Crippen LogP contribution in [0.4, 0.5) is 0 Å². The minimum atomic E-state index is -0.321. The lowest BCUT2D eigenvalue weighted by molar-refractivity contribution is 0.0924. The zero-order chi connectivity index (χ0) is 14.4. The van der Waals surface area contributed by atoms with Crippen LogP contribution < -0.4 is 5.32 Å². The molecular weight excluding hydrogens is 325 g/mol. The van der Waals surface area contributed by atoms with Crippen molar-refractivity contribution in [3.63, 3.8) is 0 Å². The van der Waals surface area contributed by atoms with Gasteiger partial charge in [-0.15, -0.1) is 11.3 Å². The Morgan fingerprint density at radius 3 is 2.42 bits per heavy atom. The summed E-state index contributed by atoms with van der Waals surface area (Å²) in [5.41, 5.74) is -0.321. The van der Waals surface area contributed by atoms with E-state index in [4.69, 9.17) is 34.8 Å². The highest BCUT2D eigenvalue weighted by Gasteiger charge is 2.22. The van der Waals surface area contributed by atoms with E-state index in [1.165, 1.54) is 11.3 Å². The fraction of sp³-hybridized carbons (Fsp3) is 0.308. The average Bonchev–Trinajstić information content (AvgIpc) is 2.53. The molecule has 0 aliphatic rings. The van der Waals surface area contributed by atoms with Gasteiger partial charge < -0.3 is 5.32 Å². The standard InChI is InChI=1S/C13H12Cl3NOS/c1-13(2,3)17-12(18)11-10(16)9-7(15)4-6(14)5-8(9)19-11/h4-5H,1-3H3,(H,17,18). The second-order valence-corrected chi connectivity index (χ2v) is 7.48. The molecule has 0 saturated carbocycles. The molecule has 1 N–H and O–H groups in total. The summed E-state index contributed by atoms with van der Waals surface area (Å²) in [6.07, 6.45) is 0. The number of nitrogens with one attached hydrogen (secondary N) is 1. The van der Waals surface area contributed by atoms with Gasteiger partial charge in [0.25, 0.3) is 5.91 Å². The van der Waals surface area contributed by atoms with E-state index < -0.39 is 0 Å². The predicted molar refractivity (Wildman–Crippen MR) is 84.1 cm³/mol. The highest BCUT2D eigenvalue weighted by Crippen LogP contribution is 2.41. The van der Waals surface area contributed by atoms with Gasteiger partial charge in [0, 0.05) is 20.6 Å². The largest absolute Gasteiger partial charge is 0.347 e. The van der Waals surface area contributed by atoms with E-state index in [9.17, 15) is 4.79 Å². The first-order valence-electron chi connectivity index (χ1n) is 5.58. The van der Waals surface area contributed by atoms with E-state index in [0.29, 0.717) is 25.3 Å². The van der Waals surface area contributed by atoms with Crippen LogP contribution in [0.2, 0.25) is 15.1 Å². The molecule has 1 aromatic carbocycles. The van der Waals surface area contributed by atoms with Gasteiger partial charge >= 0.3 is 0 Å². The number of rotatable bonds is 1. The molecule has 1 aromatic heterocycles. The van der Waals surface area contributed by atoms with E-state index in [1.807, 2.05) is 20.8 Å². The molecule has 102 valence electrons. The molecule has 1 amide bonds. The van der Waals surface area contributed by atoms with Crippen LogP contribution >= 0.6 is 46.1 Å². The van der Waals surface area contributed by atoms with Gasteiger partial charge in [0.2, 0.25) is 0 Å². The average molecular weight is 337 g/mol. The fourth-order valence-corrected chi connectivity index (χ4v) is 3.93. The van der Waals surface area contributed by atoms with Crippen LogP contribution in [0.5, 0.6) is 0 Å². The van der Waals surface area contributed by atoms with Crippen LogP contribution in [0.15, 0.2) is 12.1 Å². The second kappa shape index (κ2) is 5.13. The lowest BCUT2D eigenvalue weighted by Gasteiger charge is -2.19. The molecule has 2 rings (SSSR count). The Bertz CT molecular complexity index is 658. The second-order valence-electron chi connectivity index (χ2n) is 5.21. The summed E-state index contributed by atoms with van der Waals surface area (Å²) >= 11 is 19.6. The number of amides is 1. The van der Waals surface area contributed by atoms with Crippen molar-refractivity contribution in [1.82, 2.24) is 5.32 Å². The number of fused-ring (bicyclic) bond motifs is 1. The Kier molecular flexibility index (Phi) is 4.03. The first kappa shape index (κ1) is 14.9. The maximum atomic E-state index is 12.2. The summed E-state index contributed by atoms with van der Waals surface area (Å²) in [4.78, 5) is 12.6. The third-order valence-corrected chi connectivity index (χ3v) is 4.49. The van der Waals surface area contributed by atoms with Crippen molar-refractivity contribution in [3.05, 3.63) is 32.1 Å². The summed E-state index contributed by atoms with van der Waals surface area (Å²) in [7, 11) is 0. The molecule has 0 aliphatic carbocycles. The summed E-state index contributed by atoms with van der Waals surface area (Å²) in [5.74, 6) is -0.203. The Hall–Kier alpha value is -0.480. The first-order chi connectivity index (χ1) is 8.69. The van der Waals surface area contributed by atoms with Crippen LogP contribution in [0.3, 0.4) is 0 Å². The molecule has 19 heavy (non-hydrogen) atoms. The fourth-order valence-electron chi connectivity index (χ4n) is 1.66. The summed E-state index contributed by atoms with van der Waals surface area (Å²) < 4.78 is 0.807. The van der Waals surface area contributed by atoms with Gasteiger partial charge in [-0.25, -0.2) is 0 Å². The van der Waals surface area contributed by atoms with Gasteiger partial charge in [-0.3, -0.25) is 4.79 Å². The predicted octanol–water partition coefficient (Wildman–Crippen LogP) is 5.39. The Labute approximate surface area is 130 Å². The number of thiophene rings is 1. The van der Waals surface area contributed by atoms with Crippen LogP contribution in [0.1, 0.15) is 30.4 Å². The maximum Gasteiger partial charge on any atom is 0.263 e. The van der Waals surface area contributed by atoms with E-state index >= 15 is 0 Å². The molecule has 0 radical (unpaired) electrons. The number of hydrogen-bond acceptors (Lipinski definition) is 2.